The van der Waals surface area contributed by atoms with Gasteiger partial charge in [0, 0.05) is 0 Å². The summed E-state index contributed by atoms with van der Waals surface area (Å²) in [4.78, 5) is 0. The van der Waals surface area contributed by atoms with Crippen molar-refractivity contribution in [2.75, 3.05) is 0 Å². The van der Waals surface area contributed by atoms with E-state index in [1.807, 2.05) is 0 Å². The second-order valence-corrected chi connectivity index (χ2v) is 5.07. The zero-order valence-electron chi connectivity index (χ0n) is 10.9. The fourth-order valence-corrected chi connectivity index (χ4v) is 2.57. The molecule has 1 heterocycles. The standard InChI is InChI=1S/C14H22N2O/c1-9-4-5-10(2)12(8-9)14(16-15)13-7-6-11(3)17-13/h4-5,8,11,13-14,16H,6-7,15H2,1-3H3. The van der Waals surface area contributed by atoms with Crippen molar-refractivity contribution in [3.63, 3.8) is 0 Å². The molecule has 0 aromatic heterocycles. The number of aryl methyl sites for hydroxylation is 2. The first kappa shape index (κ1) is 12.6. The van der Waals surface area contributed by atoms with Crippen LogP contribution in [0.5, 0.6) is 0 Å². The minimum atomic E-state index is 0.0971. The third-order valence-electron chi connectivity index (χ3n) is 3.59. The van der Waals surface area contributed by atoms with Gasteiger partial charge >= 0.3 is 0 Å². The van der Waals surface area contributed by atoms with Crippen molar-refractivity contribution < 1.29 is 4.74 Å². The SMILES string of the molecule is Cc1ccc(C)c(C(NN)C2CCC(C)O2)c1. The Balaban J connectivity index is 2.25. The molecular formula is C14H22N2O. The summed E-state index contributed by atoms with van der Waals surface area (Å²) in [6, 6.07) is 6.57. The molecule has 3 atom stereocenters. The van der Waals surface area contributed by atoms with Crippen molar-refractivity contribution in [1.29, 1.82) is 0 Å². The van der Waals surface area contributed by atoms with Crippen LogP contribution in [0.15, 0.2) is 18.2 Å². The number of hydrazine groups is 1. The lowest BCUT2D eigenvalue weighted by Crippen LogP contribution is -2.37. The van der Waals surface area contributed by atoms with Gasteiger partial charge in [0.2, 0.25) is 0 Å². The van der Waals surface area contributed by atoms with Crippen LogP contribution in [0.4, 0.5) is 0 Å². The van der Waals surface area contributed by atoms with Gasteiger partial charge in [-0.1, -0.05) is 23.8 Å². The van der Waals surface area contributed by atoms with Gasteiger partial charge in [-0.2, -0.15) is 0 Å². The van der Waals surface area contributed by atoms with Crippen molar-refractivity contribution in [3.05, 3.63) is 34.9 Å². The highest BCUT2D eigenvalue weighted by atomic mass is 16.5. The van der Waals surface area contributed by atoms with Gasteiger partial charge in [-0.15, -0.1) is 0 Å². The highest BCUT2D eigenvalue weighted by molar-refractivity contribution is 5.33. The smallest absolute Gasteiger partial charge is 0.0787 e. The van der Waals surface area contributed by atoms with E-state index >= 15 is 0 Å². The van der Waals surface area contributed by atoms with Gasteiger partial charge < -0.3 is 4.74 Å². The Labute approximate surface area is 103 Å². The molecule has 0 aliphatic carbocycles. The summed E-state index contributed by atoms with van der Waals surface area (Å²) in [6.45, 7) is 6.35. The van der Waals surface area contributed by atoms with Crippen LogP contribution in [0, 0.1) is 13.8 Å². The van der Waals surface area contributed by atoms with Crippen molar-refractivity contribution in [1.82, 2.24) is 5.43 Å². The predicted octanol–water partition coefficient (Wildman–Crippen LogP) is 2.38. The van der Waals surface area contributed by atoms with Gasteiger partial charge in [0.25, 0.3) is 0 Å². The summed E-state index contributed by atoms with van der Waals surface area (Å²) in [7, 11) is 0. The van der Waals surface area contributed by atoms with Crippen molar-refractivity contribution in [2.45, 2.75) is 51.9 Å². The third kappa shape index (κ3) is 2.68. The summed E-state index contributed by atoms with van der Waals surface area (Å²) < 4.78 is 5.92. The third-order valence-corrected chi connectivity index (χ3v) is 3.59. The largest absolute Gasteiger partial charge is 0.373 e. The van der Waals surface area contributed by atoms with E-state index < -0.39 is 0 Å². The highest BCUT2D eigenvalue weighted by Crippen LogP contribution is 2.31. The Hall–Kier alpha value is -0.900. The second kappa shape index (κ2) is 5.17. The van der Waals surface area contributed by atoms with Crippen LogP contribution < -0.4 is 11.3 Å². The lowest BCUT2D eigenvalue weighted by Gasteiger charge is -2.25. The van der Waals surface area contributed by atoms with Crippen LogP contribution in [0.3, 0.4) is 0 Å². The molecule has 1 saturated heterocycles. The topological polar surface area (TPSA) is 47.3 Å². The fraction of sp³-hybridized carbons (Fsp3) is 0.571. The first-order valence-corrected chi connectivity index (χ1v) is 6.30. The quantitative estimate of drug-likeness (QED) is 0.623. The van der Waals surface area contributed by atoms with Crippen LogP contribution in [0.1, 0.15) is 42.5 Å². The molecule has 0 radical (unpaired) electrons. The van der Waals surface area contributed by atoms with Crippen LogP contribution >= 0.6 is 0 Å². The molecule has 3 heteroatoms. The molecule has 1 aromatic carbocycles. The monoisotopic (exact) mass is 234 g/mol. The van der Waals surface area contributed by atoms with E-state index in [2.05, 4.69) is 44.4 Å². The van der Waals surface area contributed by atoms with E-state index in [9.17, 15) is 0 Å². The van der Waals surface area contributed by atoms with Crippen molar-refractivity contribution in [3.8, 4) is 0 Å². The van der Waals surface area contributed by atoms with Crippen molar-refractivity contribution in [2.24, 2.45) is 5.84 Å². The predicted molar refractivity (Wildman–Crippen MR) is 69.5 cm³/mol. The fourth-order valence-electron chi connectivity index (χ4n) is 2.57. The molecule has 1 aliphatic heterocycles. The molecule has 0 amide bonds. The zero-order valence-corrected chi connectivity index (χ0v) is 10.9. The lowest BCUT2D eigenvalue weighted by molar-refractivity contribution is 0.0314. The van der Waals surface area contributed by atoms with Gasteiger partial charge in [0.1, 0.15) is 0 Å². The first-order valence-electron chi connectivity index (χ1n) is 6.30. The molecule has 3 unspecified atom stereocenters. The minimum Gasteiger partial charge on any atom is -0.373 e. The Kier molecular flexibility index (Phi) is 3.82. The number of nitrogens with two attached hydrogens (primary N) is 1. The summed E-state index contributed by atoms with van der Waals surface area (Å²) in [6.07, 6.45) is 2.73. The molecule has 1 aliphatic rings. The molecule has 0 saturated carbocycles. The number of nitrogens with one attached hydrogen (secondary N) is 1. The maximum Gasteiger partial charge on any atom is 0.0787 e. The zero-order chi connectivity index (χ0) is 12.4. The highest BCUT2D eigenvalue weighted by Gasteiger charge is 2.30. The number of benzene rings is 1. The summed E-state index contributed by atoms with van der Waals surface area (Å²) in [5.41, 5.74) is 6.71. The van der Waals surface area contributed by atoms with E-state index in [4.69, 9.17) is 10.6 Å². The van der Waals surface area contributed by atoms with Gasteiger partial charge in [-0.05, 0) is 44.7 Å². The molecule has 1 fully saturated rings. The molecule has 94 valence electrons. The molecule has 0 bridgehead atoms. The molecule has 3 N–H and O–H groups in total. The average molecular weight is 234 g/mol. The van der Waals surface area contributed by atoms with E-state index in [0.29, 0.717) is 6.10 Å². The first-order chi connectivity index (χ1) is 8.11. The number of rotatable bonds is 3. The molecule has 17 heavy (non-hydrogen) atoms. The molecule has 3 nitrogen and oxygen atoms in total. The van der Waals surface area contributed by atoms with E-state index in [-0.39, 0.29) is 12.1 Å². The normalized spacial score (nSPS) is 26.1. The minimum absolute atomic E-state index is 0.0971. The maximum absolute atomic E-state index is 5.92. The summed E-state index contributed by atoms with van der Waals surface area (Å²) in [5, 5.41) is 0. The van der Waals surface area contributed by atoms with Crippen LogP contribution in [0.2, 0.25) is 0 Å². The van der Waals surface area contributed by atoms with Gasteiger partial charge in [0.05, 0.1) is 18.2 Å². The van der Waals surface area contributed by atoms with Gasteiger partial charge in [0.15, 0.2) is 0 Å². The number of hydrogen-bond donors (Lipinski definition) is 2. The second-order valence-electron chi connectivity index (χ2n) is 5.07. The van der Waals surface area contributed by atoms with Gasteiger partial charge in [-0.25, -0.2) is 0 Å². The molecular weight excluding hydrogens is 212 g/mol. The molecule has 0 spiro atoms. The van der Waals surface area contributed by atoms with Gasteiger partial charge in [-0.3, -0.25) is 11.3 Å². The van der Waals surface area contributed by atoms with E-state index in [0.717, 1.165) is 12.8 Å². The van der Waals surface area contributed by atoms with E-state index in [1.165, 1.54) is 16.7 Å². The summed E-state index contributed by atoms with van der Waals surface area (Å²) >= 11 is 0. The average Bonchev–Trinajstić information content (AvgIpc) is 2.71. The Morgan fingerprint density at radius 3 is 2.71 bits per heavy atom. The van der Waals surface area contributed by atoms with Crippen LogP contribution in [-0.4, -0.2) is 12.2 Å². The Morgan fingerprint density at radius 1 is 1.35 bits per heavy atom. The van der Waals surface area contributed by atoms with Crippen LogP contribution in [-0.2, 0) is 4.74 Å². The van der Waals surface area contributed by atoms with Crippen LogP contribution in [0.25, 0.3) is 0 Å². The van der Waals surface area contributed by atoms with Crippen molar-refractivity contribution >= 4 is 0 Å². The number of ether oxygens (including phenoxy) is 1. The molecule has 2 rings (SSSR count). The maximum atomic E-state index is 5.92. The number of hydrogen-bond acceptors (Lipinski definition) is 3. The summed E-state index contributed by atoms with van der Waals surface area (Å²) in [5.74, 6) is 5.72. The van der Waals surface area contributed by atoms with E-state index in [1.54, 1.807) is 0 Å². The Bertz CT molecular complexity index is 392. The molecule has 1 aromatic rings. The Morgan fingerprint density at radius 2 is 2.12 bits per heavy atom. The lowest BCUT2D eigenvalue weighted by atomic mass is 9.94.